The molecule has 0 aliphatic rings. The normalized spacial score (nSPS) is 11.4. The Bertz CT molecular complexity index is 963. The zero-order chi connectivity index (χ0) is 21.7. The first-order valence-corrected chi connectivity index (χ1v) is 12.2. The zero-order valence-corrected chi connectivity index (χ0v) is 20.3. The standard InChI is InChI=1S/C23H28ClN3OS2/c1-16-6-9-18(10-7-16)29-15-12-20(28)27(14-5-13-26(3)4)23-25-21-17(2)8-11-19(24)22(21)30-23/h6-11H,5,12-15H2,1-4H3. The van der Waals surface area contributed by atoms with Gasteiger partial charge in [-0.05, 0) is 64.7 Å². The van der Waals surface area contributed by atoms with E-state index in [-0.39, 0.29) is 5.91 Å². The van der Waals surface area contributed by atoms with Crippen LogP contribution >= 0.6 is 34.7 Å². The smallest absolute Gasteiger partial charge is 0.229 e. The van der Waals surface area contributed by atoms with Gasteiger partial charge in [-0.3, -0.25) is 9.69 Å². The van der Waals surface area contributed by atoms with Crippen molar-refractivity contribution in [2.75, 3.05) is 37.8 Å². The number of rotatable bonds is 9. The molecule has 0 radical (unpaired) electrons. The molecule has 30 heavy (non-hydrogen) atoms. The van der Waals surface area contributed by atoms with Gasteiger partial charge in [0.1, 0.15) is 0 Å². The lowest BCUT2D eigenvalue weighted by Crippen LogP contribution is -2.33. The lowest BCUT2D eigenvalue weighted by atomic mass is 10.2. The summed E-state index contributed by atoms with van der Waals surface area (Å²) >= 11 is 9.61. The third-order valence-corrected chi connectivity index (χ3v) is 7.36. The number of fused-ring (bicyclic) bond motifs is 1. The van der Waals surface area contributed by atoms with Crippen LogP contribution in [0.25, 0.3) is 10.2 Å². The number of hydrogen-bond donors (Lipinski definition) is 0. The average Bonchev–Trinajstić information content (AvgIpc) is 3.16. The Morgan fingerprint density at radius 3 is 2.50 bits per heavy atom. The molecule has 0 unspecified atom stereocenters. The molecule has 0 aliphatic carbocycles. The van der Waals surface area contributed by atoms with Crippen LogP contribution in [-0.4, -0.2) is 48.7 Å². The predicted molar refractivity (Wildman–Crippen MR) is 131 cm³/mol. The number of carbonyl (C=O) groups excluding carboxylic acids is 1. The van der Waals surface area contributed by atoms with Crippen LogP contribution in [0.1, 0.15) is 24.0 Å². The van der Waals surface area contributed by atoms with Gasteiger partial charge < -0.3 is 4.90 Å². The van der Waals surface area contributed by atoms with Crippen molar-refractivity contribution < 1.29 is 4.79 Å². The molecule has 1 amide bonds. The molecule has 0 aliphatic heterocycles. The van der Waals surface area contributed by atoms with E-state index in [1.165, 1.54) is 21.8 Å². The van der Waals surface area contributed by atoms with Gasteiger partial charge in [-0.2, -0.15) is 0 Å². The summed E-state index contributed by atoms with van der Waals surface area (Å²) in [6.07, 6.45) is 1.37. The van der Waals surface area contributed by atoms with Gasteiger partial charge in [0.25, 0.3) is 0 Å². The zero-order valence-electron chi connectivity index (χ0n) is 17.9. The molecule has 3 rings (SSSR count). The number of hydrogen-bond acceptors (Lipinski definition) is 5. The molecule has 0 spiro atoms. The van der Waals surface area contributed by atoms with Crippen LogP contribution in [-0.2, 0) is 4.79 Å². The van der Waals surface area contributed by atoms with Crippen LogP contribution in [0, 0.1) is 13.8 Å². The minimum atomic E-state index is 0.112. The van der Waals surface area contributed by atoms with Crippen molar-refractivity contribution in [3.05, 3.63) is 52.5 Å². The van der Waals surface area contributed by atoms with Crippen LogP contribution in [0.2, 0.25) is 5.02 Å². The van der Waals surface area contributed by atoms with Crippen molar-refractivity contribution >= 4 is 56.0 Å². The Kier molecular flexibility index (Phi) is 8.17. The highest BCUT2D eigenvalue weighted by Gasteiger charge is 2.21. The maximum Gasteiger partial charge on any atom is 0.229 e. The predicted octanol–water partition coefficient (Wildman–Crippen LogP) is 6.03. The number of amides is 1. The van der Waals surface area contributed by atoms with Gasteiger partial charge in [0.15, 0.2) is 5.13 Å². The first kappa shape index (κ1) is 23.1. The number of anilines is 1. The minimum Gasteiger partial charge on any atom is -0.309 e. The molecule has 0 saturated carbocycles. The summed E-state index contributed by atoms with van der Waals surface area (Å²) in [5, 5.41) is 1.43. The van der Waals surface area contributed by atoms with E-state index in [1.54, 1.807) is 11.8 Å². The van der Waals surface area contributed by atoms with Gasteiger partial charge in [-0.15, -0.1) is 11.8 Å². The molecule has 0 atom stereocenters. The van der Waals surface area contributed by atoms with E-state index < -0.39 is 0 Å². The van der Waals surface area contributed by atoms with E-state index >= 15 is 0 Å². The third kappa shape index (κ3) is 5.97. The molecule has 0 N–H and O–H groups in total. The number of halogens is 1. The second-order valence-corrected chi connectivity index (χ2v) is 10.2. The minimum absolute atomic E-state index is 0.112. The SMILES string of the molecule is Cc1ccc(SCCC(=O)N(CCCN(C)C)c2nc3c(C)ccc(Cl)c3s2)cc1. The van der Waals surface area contributed by atoms with Crippen LogP contribution in [0.4, 0.5) is 5.13 Å². The number of thioether (sulfide) groups is 1. The number of benzene rings is 2. The summed E-state index contributed by atoms with van der Waals surface area (Å²) in [6, 6.07) is 12.3. The molecule has 0 fully saturated rings. The largest absolute Gasteiger partial charge is 0.309 e. The number of aryl methyl sites for hydroxylation is 2. The van der Waals surface area contributed by atoms with Gasteiger partial charge in [0.2, 0.25) is 5.91 Å². The Morgan fingerprint density at radius 2 is 1.83 bits per heavy atom. The van der Waals surface area contributed by atoms with Crippen molar-refractivity contribution in [1.82, 2.24) is 9.88 Å². The van der Waals surface area contributed by atoms with Gasteiger partial charge in [-0.25, -0.2) is 4.98 Å². The maximum atomic E-state index is 13.1. The number of nitrogens with zero attached hydrogens (tertiary/aromatic N) is 3. The molecule has 3 aromatic rings. The van der Waals surface area contributed by atoms with E-state index in [9.17, 15) is 4.79 Å². The quantitative estimate of drug-likeness (QED) is 0.364. The molecule has 2 aromatic carbocycles. The summed E-state index contributed by atoms with van der Waals surface area (Å²) in [6.45, 7) is 5.68. The lowest BCUT2D eigenvalue weighted by molar-refractivity contribution is -0.118. The first-order chi connectivity index (χ1) is 14.3. The van der Waals surface area contributed by atoms with Crippen LogP contribution in [0.15, 0.2) is 41.3 Å². The van der Waals surface area contributed by atoms with Crippen LogP contribution in [0.3, 0.4) is 0 Å². The van der Waals surface area contributed by atoms with Gasteiger partial charge in [0.05, 0.1) is 15.2 Å². The maximum absolute atomic E-state index is 13.1. The van der Waals surface area contributed by atoms with Crippen molar-refractivity contribution in [3.63, 3.8) is 0 Å². The van der Waals surface area contributed by atoms with E-state index in [2.05, 4.69) is 36.1 Å². The molecular formula is C23H28ClN3OS2. The number of carbonyl (C=O) groups is 1. The molecule has 0 saturated heterocycles. The Balaban J connectivity index is 1.74. The van der Waals surface area contributed by atoms with Crippen molar-refractivity contribution in [3.8, 4) is 0 Å². The molecule has 0 bridgehead atoms. The average molecular weight is 462 g/mol. The van der Waals surface area contributed by atoms with Crippen LogP contribution in [0.5, 0.6) is 0 Å². The fourth-order valence-corrected chi connectivity index (χ4v) is 5.30. The first-order valence-electron chi connectivity index (χ1n) is 10.1. The summed E-state index contributed by atoms with van der Waals surface area (Å²) in [7, 11) is 4.09. The highest BCUT2D eigenvalue weighted by Crippen LogP contribution is 2.36. The van der Waals surface area contributed by atoms with E-state index in [4.69, 9.17) is 16.6 Å². The van der Waals surface area contributed by atoms with Crippen LogP contribution < -0.4 is 4.90 Å². The summed E-state index contributed by atoms with van der Waals surface area (Å²) in [5.74, 6) is 0.859. The fraction of sp³-hybridized carbons (Fsp3) is 0.391. The molecule has 1 aromatic heterocycles. The molecule has 1 heterocycles. The van der Waals surface area contributed by atoms with Gasteiger partial charge in [0, 0.05) is 23.6 Å². The number of thiazole rings is 1. The van der Waals surface area contributed by atoms with Crippen molar-refractivity contribution in [1.29, 1.82) is 0 Å². The van der Waals surface area contributed by atoms with Gasteiger partial charge >= 0.3 is 0 Å². The topological polar surface area (TPSA) is 36.4 Å². The highest BCUT2D eigenvalue weighted by molar-refractivity contribution is 7.99. The monoisotopic (exact) mass is 461 g/mol. The van der Waals surface area contributed by atoms with E-state index in [0.717, 1.165) is 39.6 Å². The van der Waals surface area contributed by atoms with E-state index in [1.807, 2.05) is 38.1 Å². The fourth-order valence-electron chi connectivity index (χ4n) is 3.10. The highest BCUT2D eigenvalue weighted by atomic mass is 35.5. The molecule has 4 nitrogen and oxygen atoms in total. The van der Waals surface area contributed by atoms with E-state index in [0.29, 0.717) is 18.0 Å². The third-order valence-electron chi connectivity index (χ3n) is 4.81. The lowest BCUT2D eigenvalue weighted by Gasteiger charge is -2.21. The van der Waals surface area contributed by atoms with Crippen molar-refractivity contribution in [2.45, 2.75) is 31.6 Å². The molecular weight excluding hydrogens is 434 g/mol. The number of aromatic nitrogens is 1. The van der Waals surface area contributed by atoms with Crippen molar-refractivity contribution in [2.24, 2.45) is 0 Å². The summed E-state index contributed by atoms with van der Waals surface area (Å²) in [4.78, 5) is 23.1. The second kappa shape index (κ2) is 10.6. The summed E-state index contributed by atoms with van der Waals surface area (Å²) < 4.78 is 0.950. The Labute approximate surface area is 192 Å². The summed E-state index contributed by atoms with van der Waals surface area (Å²) in [5.41, 5.74) is 3.21. The molecule has 7 heteroatoms. The van der Waals surface area contributed by atoms with Gasteiger partial charge in [-0.1, -0.05) is 46.7 Å². The second-order valence-electron chi connectivity index (χ2n) is 7.65. The Morgan fingerprint density at radius 1 is 1.10 bits per heavy atom. The Hall–Kier alpha value is -1.60. The molecule has 160 valence electrons.